The normalized spacial score (nSPS) is 13.7. The highest BCUT2D eigenvalue weighted by atomic mass is 32.1. The molecule has 0 nitrogen and oxygen atoms in total. The molecule has 0 radical (unpaired) electrons. The highest BCUT2D eigenvalue weighted by Crippen LogP contribution is 2.37. The molecular weight excluding hydrogens is 236 g/mol. The van der Waals surface area contributed by atoms with Gasteiger partial charge in [-0.05, 0) is 46.7 Å². The lowest BCUT2D eigenvalue weighted by Gasteiger charge is -1.97. The molecule has 0 atom stereocenters. The van der Waals surface area contributed by atoms with Gasteiger partial charge < -0.3 is 0 Å². The summed E-state index contributed by atoms with van der Waals surface area (Å²) in [7, 11) is 0. The van der Waals surface area contributed by atoms with Crippen LogP contribution < -0.4 is 0 Å². The Balaban J connectivity index is 1.82. The van der Waals surface area contributed by atoms with Crippen LogP contribution in [0, 0.1) is 0 Å². The fraction of sp³-hybridized carbons (Fsp3) is 0.0588. The molecule has 0 aliphatic heterocycles. The van der Waals surface area contributed by atoms with E-state index in [9.17, 15) is 0 Å². The molecule has 0 unspecified atom stereocenters. The number of hydrogen-bond acceptors (Lipinski definition) is 1. The smallest absolute Gasteiger partial charge is 0.0349 e. The Bertz CT molecular complexity index is 729. The van der Waals surface area contributed by atoms with E-state index in [1.807, 2.05) is 11.3 Å². The number of benzene rings is 2. The number of rotatable bonds is 1. The second-order valence-corrected chi connectivity index (χ2v) is 5.78. The van der Waals surface area contributed by atoms with E-state index in [1.54, 1.807) is 0 Å². The van der Waals surface area contributed by atoms with E-state index in [2.05, 4.69) is 60.7 Å². The van der Waals surface area contributed by atoms with Gasteiger partial charge in [-0.1, -0.05) is 42.5 Å². The van der Waals surface area contributed by atoms with Crippen molar-refractivity contribution in [1.82, 2.24) is 0 Å². The number of thiophene rings is 1. The molecule has 0 saturated heterocycles. The van der Waals surface area contributed by atoms with Crippen LogP contribution >= 0.6 is 11.3 Å². The molecule has 1 aliphatic carbocycles. The molecule has 0 bridgehead atoms. The minimum atomic E-state index is 1.07. The standard InChI is InChI=1S/C17H12S/c1-2-6-13-10-15(9-12(13)5-1)17-11-14-7-3-4-8-16(14)18-17/h1-9,11H,10H2. The van der Waals surface area contributed by atoms with Gasteiger partial charge in [0.1, 0.15) is 0 Å². The van der Waals surface area contributed by atoms with E-state index >= 15 is 0 Å². The first kappa shape index (κ1) is 10.1. The van der Waals surface area contributed by atoms with Crippen molar-refractivity contribution in [2.45, 2.75) is 6.42 Å². The van der Waals surface area contributed by atoms with E-state index < -0.39 is 0 Å². The Labute approximate surface area is 110 Å². The lowest BCUT2D eigenvalue weighted by atomic mass is 10.1. The molecule has 0 N–H and O–H groups in total. The van der Waals surface area contributed by atoms with Crippen LogP contribution in [-0.2, 0) is 6.42 Å². The number of hydrogen-bond donors (Lipinski definition) is 0. The van der Waals surface area contributed by atoms with Crippen molar-refractivity contribution in [3.05, 3.63) is 70.6 Å². The third kappa shape index (κ3) is 1.52. The summed E-state index contributed by atoms with van der Waals surface area (Å²) in [6.45, 7) is 0. The van der Waals surface area contributed by atoms with Crippen LogP contribution in [0.3, 0.4) is 0 Å². The third-order valence-electron chi connectivity index (χ3n) is 3.51. The molecular formula is C17H12S. The van der Waals surface area contributed by atoms with Gasteiger partial charge in [-0.15, -0.1) is 11.3 Å². The minimum absolute atomic E-state index is 1.07. The summed E-state index contributed by atoms with van der Waals surface area (Å²) in [5, 5.41) is 1.36. The van der Waals surface area contributed by atoms with Gasteiger partial charge in [0.2, 0.25) is 0 Å². The van der Waals surface area contributed by atoms with Gasteiger partial charge in [0.05, 0.1) is 0 Å². The summed E-state index contributed by atoms with van der Waals surface area (Å²) in [5.41, 5.74) is 4.28. The van der Waals surface area contributed by atoms with E-state index in [-0.39, 0.29) is 0 Å². The van der Waals surface area contributed by atoms with Crippen molar-refractivity contribution in [1.29, 1.82) is 0 Å². The first-order chi connectivity index (χ1) is 8.90. The Morgan fingerprint density at radius 3 is 2.61 bits per heavy atom. The molecule has 1 heterocycles. The maximum atomic E-state index is 2.33. The van der Waals surface area contributed by atoms with Crippen molar-refractivity contribution in [3.63, 3.8) is 0 Å². The first-order valence-electron chi connectivity index (χ1n) is 6.17. The van der Waals surface area contributed by atoms with Crippen molar-refractivity contribution >= 4 is 33.1 Å². The molecule has 86 valence electrons. The molecule has 0 amide bonds. The minimum Gasteiger partial charge on any atom is -0.136 e. The maximum absolute atomic E-state index is 2.33. The molecule has 1 heteroatoms. The van der Waals surface area contributed by atoms with E-state index in [0.717, 1.165) is 6.42 Å². The van der Waals surface area contributed by atoms with Crippen molar-refractivity contribution in [3.8, 4) is 0 Å². The average Bonchev–Trinajstić information content (AvgIpc) is 3.02. The zero-order chi connectivity index (χ0) is 11.9. The van der Waals surface area contributed by atoms with Gasteiger partial charge in [0.25, 0.3) is 0 Å². The van der Waals surface area contributed by atoms with Gasteiger partial charge in [-0.2, -0.15) is 0 Å². The van der Waals surface area contributed by atoms with Crippen LogP contribution in [0.15, 0.2) is 54.6 Å². The molecule has 0 spiro atoms. The lowest BCUT2D eigenvalue weighted by Crippen LogP contribution is -1.81. The first-order valence-corrected chi connectivity index (χ1v) is 6.99. The highest BCUT2D eigenvalue weighted by Gasteiger charge is 2.15. The van der Waals surface area contributed by atoms with Crippen molar-refractivity contribution < 1.29 is 0 Å². The average molecular weight is 248 g/mol. The van der Waals surface area contributed by atoms with Gasteiger partial charge in [-0.25, -0.2) is 0 Å². The summed E-state index contributed by atoms with van der Waals surface area (Å²) < 4.78 is 1.38. The van der Waals surface area contributed by atoms with Crippen LogP contribution in [0.1, 0.15) is 16.0 Å². The molecule has 1 aromatic heterocycles. The molecule has 3 aromatic rings. The van der Waals surface area contributed by atoms with Crippen LogP contribution in [0.25, 0.3) is 21.7 Å². The Hall–Kier alpha value is -1.86. The molecule has 0 fully saturated rings. The fourth-order valence-corrected chi connectivity index (χ4v) is 3.65. The topological polar surface area (TPSA) is 0 Å². The van der Waals surface area contributed by atoms with Crippen LogP contribution in [-0.4, -0.2) is 0 Å². The molecule has 1 aliphatic rings. The van der Waals surface area contributed by atoms with Crippen LogP contribution in [0.2, 0.25) is 0 Å². The molecule has 0 saturated carbocycles. The summed E-state index contributed by atoms with van der Waals surface area (Å²) >= 11 is 1.90. The monoisotopic (exact) mass is 248 g/mol. The van der Waals surface area contributed by atoms with Gasteiger partial charge in [0, 0.05) is 9.58 Å². The third-order valence-corrected chi connectivity index (χ3v) is 4.70. The van der Waals surface area contributed by atoms with Gasteiger partial charge in [0.15, 0.2) is 0 Å². The largest absolute Gasteiger partial charge is 0.136 e. The summed E-state index contributed by atoms with van der Waals surface area (Å²) in [4.78, 5) is 1.41. The maximum Gasteiger partial charge on any atom is 0.0349 e. The zero-order valence-electron chi connectivity index (χ0n) is 9.89. The number of allylic oxidation sites excluding steroid dienone is 1. The fourth-order valence-electron chi connectivity index (χ4n) is 2.58. The lowest BCUT2D eigenvalue weighted by molar-refractivity contribution is 1.33. The Morgan fingerprint density at radius 1 is 0.889 bits per heavy atom. The second kappa shape index (κ2) is 3.82. The Kier molecular flexibility index (Phi) is 2.14. The van der Waals surface area contributed by atoms with E-state index in [0.29, 0.717) is 0 Å². The van der Waals surface area contributed by atoms with Crippen molar-refractivity contribution in [2.75, 3.05) is 0 Å². The SMILES string of the molecule is C1=C(c2cc3ccccc3s2)Cc2ccccc21. The number of fused-ring (bicyclic) bond motifs is 2. The predicted octanol–water partition coefficient (Wildman–Crippen LogP) is 5.00. The molecule has 2 aromatic carbocycles. The summed E-state index contributed by atoms with van der Waals surface area (Å²) in [6, 6.07) is 19.6. The van der Waals surface area contributed by atoms with E-state index in [1.165, 1.54) is 31.7 Å². The zero-order valence-corrected chi connectivity index (χ0v) is 10.7. The quantitative estimate of drug-likeness (QED) is 0.568. The predicted molar refractivity (Wildman–Crippen MR) is 79.8 cm³/mol. The second-order valence-electron chi connectivity index (χ2n) is 4.69. The van der Waals surface area contributed by atoms with E-state index in [4.69, 9.17) is 0 Å². The highest BCUT2D eigenvalue weighted by molar-refractivity contribution is 7.20. The summed E-state index contributed by atoms with van der Waals surface area (Å²) in [6.07, 6.45) is 3.41. The molecule has 18 heavy (non-hydrogen) atoms. The molecule has 4 rings (SSSR count). The Morgan fingerprint density at radius 2 is 1.72 bits per heavy atom. The van der Waals surface area contributed by atoms with Crippen LogP contribution in [0.4, 0.5) is 0 Å². The van der Waals surface area contributed by atoms with Gasteiger partial charge >= 0.3 is 0 Å². The summed E-state index contributed by atoms with van der Waals surface area (Å²) in [5.74, 6) is 0. The van der Waals surface area contributed by atoms with Crippen molar-refractivity contribution in [2.24, 2.45) is 0 Å². The van der Waals surface area contributed by atoms with Crippen LogP contribution in [0.5, 0.6) is 0 Å². The van der Waals surface area contributed by atoms with Gasteiger partial charge in [-0.3, -0.25) is 0 Å².